The standard InChI is InChI=1S/C12H13N3O4S/c1-6-4-8(19-9(6)10(16)17)5-20-12-14-13-11(18)15(12)7-2-3-7/h4,7H,2-3,5H2,1H3,(H,13,18)(H,16,17). The van der Waals surface area contributed by atoms with E-state index in [2.05, 4.69) is 10.2 Å². The molecule has 0 unspecified atom stereocenters. The first-order valence-corrected chi connectivity index (χ1v) is 7.17. The topological polar surface area (TPSA) is 101 Å². The number of furan rings is 1. The highest BCUT2D eigenvalue weighted by molar-refractivity contribution is 7.98. The molecule has 1 aliphatic carbocycles. The minimum Gasteiger partial charge on any atom is -0.475 e. The van der Waals surface area contributed by atoms with Crippen molar-refractivity contribution in [1.29, 1.82) is 0 Å². The quantitative estimate of drug-likeness (QED) is 0.816. The van der Waals surface area contributed by atoms with E-state index in [0.29, 0.717) is 22.2 Å². The van der Waals surface area contributed by atoms with Gasteiger partial charge in [0.1, 0.15) is 5.76 Å². The fourth-order valence-corrected chi connectivity index (χ4v) is 2.91. The van der Waals surface area contributed by atoms with Crippen LogP contribution < -0.4 is 5.69 Å². The van der Waals surface area contributed by atoms with Gasteiger partial charge >= 0.3 is 11.7 Å². The maximum Gasteiger partial charge on any atom is 0.372 e. The molecule has 1 fully saturated rings. The number of carboxylic acids is 1. The molecule has 0 saturated heterocycles. The van der Waals surface area contributed by atoms with E-state index in [-0.39, 0.29) is 17.5 Å². The first-order valence-electron chi connectivity index (χ1n) is 6.18. The third-order valence-corrected chi connectivity index (χ3v) is 4.07. The second kappa shape index (κ2) is 4.86. The molecule has 2 aromatic rings. The predicted molar refractivity (Wildman–Crippen MR) is 71.1 cm³/mol. The summed E-state index contributed by atoms with van der Waals surface area (Å²) in [7, 11) is 0. The molecular weight excluding hydrogens is 282 g/mol. The zero-order chi connectivity index (χ0) is 14.3. The van der Waals surface area contributed by atoms with Crippen molar-refractivity contribution in [1.82, 2.24) is 14.8 Å². The third kappa shape index (κ3) is 2.38. The molecule has 20 heavy (non-hydrogen) atoms. The van der Waals surface area contributed by atoms with Crippen molar-refractivity contribution in [3.63, 3.8) is 0 Å². The Morgan fingerprint density at radius 2 is 2.40 bits per heavy atom. The Balaban J connectivity index is 1.75. The SMILES string of the molecule is Cc1cc(CSc2n[nH]c(=O)n2C2CC2)oc1C(=O)O. The maximum atomic E-state index is 11.6. The van der Waals surface area contributed by atoms with E-state index in [1.165, 1.54) is 11.8 Å². The van der Waals surface area contributed by atoms with Crippen molar-refractivity contribution in [2.24, 2.45) is 0 Å². The van der Waals surface area contributed by atoms with Gasteiger partial charge < -0.3 is 9.52 Å². The number of aromatic nitrogens is 3. The van der Waals surface area contributed by atoms with E-state index < -0.39 is 5.97 Å². The molecule has 0 atom stereocenters. The highest BCUT2D eigenvalue weighted by Crippen LogP contribution is 2.36. The van der Waals surface area contributed by atoms with Gasteiger partial charge in [-0.05, 0) is 25.8 Å². The lowest BCUT2D eigenvalue weighted by atomic mass is 10.3. The summed E-state index contributed by atoms with van der Waals surface area (Å²) in [6.07, 6.45) is 1.99. The second-order valence-electron chi connectivity index (χ2n) is 4.73. The number of aromatic carboxylic acids is 1. The van der Waals surface area contributed by atoms with E-state index in [0.717, 1.165) is 12.8 Å². The molecule has 106 valence electrons. The molecule has 0 bridgehead atoms. The van der Waals surface area contributed by atoms with E-state index in [1.807, 2.05) is 0 Å². The van der Waals surface area contributed by atoms with E-state index in [4.69, 9.17) is 9.52 Å². The van der Waals surface area contributed by atoms with Crippen LogP contribution in [-0.4, -0.2) is 25.8 Å². The van der Waals surface area contributed by atoms with Gasteiger partial charge in [0.15, 0.2) is 5.16 Å². The van der Waals surface area contributed by atoms with Crippen molar-refractivity contribution in [2.75, 3.05) is 0 Å². The Kier molecular flexibility index (Phi) is 3.17. The molecule has 0 aromatic carbocycles. The van der Waals surface area contributed by atoms with Gasteiger partial charge in [-0.3, -0.25) is 4.57 Å². The van der Waals surface area contributed by atoms with Crippen LogP contribution in [0.1, 0.15) is 40.8 Å². The fourth-order valence-electron chi connectivity index (χ4n) is 2.01. The summed E-state index contributed by atoms with van der Waals surface area (Å²) in [5, 5.41) is 16.0. The Labute approximate surface area is 118 Å². The molecule has 2 N–H and O–H groups in total. The average molecular weight is 295 g/mol. The molecule has 0 spiro atoms. The molecule has 8 heteroatoms. The van der Waals surface area contributed by atoms with Crippen LogP contribution in [0.15, 0.2) is 20.4 Å². The van der Waals surface area contributed by atoms with Gasteiger partial charge in [0, 0.05) is 11.6 Å². The lowest BCUT2D eigenvalue weighted by Gasteiger charge is -2.01. The number of nitrogens with one attached hydrogen (secondary N) is 1. The van der Waals surface area contributed by atoms with Gasteiger partial charge in [0.25, 0.3) is 0 Å². The van der Waals surface area contributed by atoms with Crippen LogP contribution in [0, 0.1) is 6.92 Å². The number of aryl methyl sites for hydroxylation is 1. The van der Waals surface area contributed by atoms with Crippen LogP contribution >= 0.6 is 11.8 Å². The van der Waals surface area contributed by atoms with Gasteiger partial charge in [0.05, 0.1) is 5.75 Å². The largest absolute Gasteiger partial charge is 0.475 e. The Morgan fingerprint density at radius 3 is 3.00 bits per heavy atom. The summed E-state index contributed by atoms with van der Waals surface area (Å²) in [6.45, 7) is 1.69. The fraction of sp³-hybridized carbons (Fsp3) is 0.417. The van der Waals surface area contributed by atoms with E-state index >= 15 is 0 Å². The zero-order valence-corrected chi connectivity index (χ0v) is 11.6. The summed E-state index contributed by atoms with van der Waals surface area (Å²) in [4.78, 5) is 22.5. The third-order valence-electron chi connectivity index (χ3n) is 3.09. The minimum atomic E-state index is -1.08. The van der Waals surface area contributed by atoms with Gasteiger partial charge in [-0.1, -0.05) is 11.8 Å². The van der Waals surface area contributed by atoms with Gasteiger partial charge in [0.2, 0.25) is 5.76 Å². The summed E-state index contributed by atoms with van der Waals surface area (Å²) < 4.78 is 6.93. The summed E-state index contributed by atoms with van der Waals surface area (Å²) in [5.41, 5.74) is 0.395. The van der Waals surface area contributed by atoms with Crippen LogP contribution in [0.4, 0.5) is 0 Å². The van der Waals surface area contributed by atoms with E-state index in [9.17, 15) is 9.59 Å². The molecule has 2 heterocycles. The van der Waals surface area contributed by atoms with Crippen molar-refractivity contribution >= 4 is 17.7 Å². The Hall–Kier alpha value is -1.96. The number of nitrogens with zero attached hydrogens (tertiary/aromatic N) is 2. The zero-order valence-electron chi connectivity index (χ0n) is 10.8. The van der Waals surface area contributed by atoms with Crippen LogP contribution in [0.3, 0.4) is 0 Å². The van der Waals surface area contributed by atoms with Crippen molar-refractivity contribution < 1.29 is 14.3 Å². The molecule has 2 aromatic heterocycles. The van der Waals surface area contributed by atoms with Gasteiger partial charge in [-0.25, -0.2) is 14.7 Å². The van der Waals surface area contributed by atoms with Gasteiger partial charge in [-0.2, -0.15) is 0 Å². The lowest BCUT2D eigenvalue weighted by molar-refractivity contribution is 0.0659. The van der Waals surface area contributed by atoms with Crippen molar-refractivity contribution in [2.45, 2.75) is 36.7 Å². The molecule has 0 amide bonds. The second-order valence-corrected chi connectivity index (χ2v) is 5.67. The number of H-pyrrole nitrogens is 1. The average Bonchev–Trinajstić information content (AvgIpc) is 3.05. The number of hydrogen-bond acceptors (Lipinski definition) is 5. The smallest absolute Gasteiger partial charge is 0.372 e. The van der Waals surface area contributed by atoms with Crippen LogP contribution in [-0.2, 0) is 5.75 Å². The summed E-state index contributed by atoms with van der Waals surface area (Å²) in [5.74, 6) is -0.121. The molecule has 1 aliphatic rings. The summed E-state index contributed by atoms with van der Waals surface area (Å²) in [6, 6.07) is 1.94. The highest BCUT2D eigenvalue weighted by Gasteiger charge is 2.28. The number of thioether (sulfide) groups is 1. The Morgan fingerprint density at radius 1 is 1.65 bits per heavy atom. The highest BCUT2D eigenvalue weighted by atomic mass is 32.2. The maximum absolute atomic E-state index is 11.6. The van der Waals surface area contributed by atoms with Crippen molar-refractivity contribution in [3.05, 3.63) is 33.6 Å². The van der Waals surface area contributed by atoms with Gasteiger partial charge in [-0.15, -0.1) is 5.10 Å². The monoisotopic (exact) mass is 295 g/mol. The molecule has 0 aliphatic heterocycles. The van der Waals surface area contributed by atoms with Crippen LogP contribution in [0.2, 0.25) is 0 Å². The first-order chi connectivity index (χ1) is 9.56. The lowest BCUT2D eigenvalue weighted by Crippen LogP contribution is -2.16. The van der Waals surface area contributed by atoms with Crippen LogP contribution in [0.25, 0.3) is 0 Å². The number of aromatic amines is 1. The number of hydrogen-bond donors (Lipinski definition) is 2. The molecule has 7 nitrogen and oxygen atoms in total. The molecular formula is C12H13N3O4S. The minimum absolute atomic E-state index is 0.0396. The summed E-state index contributed by atoms with van der Waals surface area (Å²) >= 11 is 1.36. The van der Waals surface area contributed by atoms with Crippen molar-refractivity contribution in [3.8, 4) is 0 Å². The molecule has 3 rings (SSSR count). The first kappa shape index (κ1) is 13.0. The number of carbonyl (C=O) groups is 1. The Bertz CT molecular complexity index is 711. The number of carboxylic acid groups (broad SMARTS) is 1. The predicted octanol–water partition coefficient (Wildman–Crippen LogP) is 1.80. The molecule has 1 saturated carbocycles. The number of rotatable bonds is 5. The van der Waals surface area contributed by atoms with E-state index in [1.54, 1.807) is 17.6 Å². The van der Waals surface area contributed by atoms with Crippen LogP contribution in [0.5, 0.6) is 0 Å². The molecule has 0 radical (unpaired) electrons. The normalized spacial score (nSPS) is 14.7.